The minimum absolute atomic E-state index is 0.00569. The second-order valence-corrected chi connectivity index (χ2v) is 8.83. The van der Waals surface area contributed by atoms with Gasteiger partial charge in [0.1, 0.15) is 5.82 Å². The van der Waals surface area contributed by atoms with E-state index in [2.05, 4.69) is 5.10 Å². The van der Waals surface area contributed by atoms with Crippen LogP contribution in [0.3, 0.4) is 0 Å². The van der Waals surface area contributed by atoms with Gasteiger partial charge in [-0.15, -0.1) is 0 Å². The van der Waals surface area contributed by atoms with E-state index in [4.69, 9.17) is 0 Å². The van der Waals surface area contributed by atoms with Crippen molar-refractivity contribution in [1.29, 1.82) is 0 Å². The van der Waals surface area contributed by atoms with Crippen LogP contribution in [0, 0.1) is 17.5 Å². The molecule has 0 bridgehead atoms. The van der Waals surface area contributed by atoms with Crippen LogP contribution in [-0.2, 0) is 10.0 Å². The van der Waals surface area contributed by atoms with Crippen molar-refractivity contribution in [3.05, 3.63) is 77.9 Å². The predicted molar refractivity (Wildman–Crippen MR) is 105 cm³/mol. The summed E-state index contributed by atoms with van der Waals surface area (Å²) in [5.41, 5.74) is 0.754. The molecule has 1 aliphatic heterocycles. The van der Waals surface area contributed by atoms with Gasteiger partial charge in [0.05, 0.1) is 10.6 Å². The molecule has 11 heteroatoms. The highest BCUT2D eigenvalue weighted by atomic mass is 32.2. The first-order valence-corrected chi connectivity index (χ1v) is 10.8. The summed E-state index contributed by atoms with van der Waals surface area (Å²) < 4.78 is 67.5. The number of rotatable bonds is 4. The molecule has 1 amide bonds. The maximum atomic E-state index is 13.4. The molecular weight excluding hydrogens is 433 g/mol. The summed E-state index contributed by atoms with van der Waals surface area (Å²) in [5, 5.41) is 4.21. The first-order chi connectivity index (χ1) is 14.8. The van der Waals surface area contributed by atoms with Crippen LogP contribution in [0.2, 0.25) is 0 Å². The van der Waals surface area contributed by atoms with E-state index in [1.807, 2.05) is 0 Å². The standard InChI is InChI=1S/C20H17F3N4O3S/c21-14-1-3-15(4-2-14)27-8-7-19(24-27)20(28)25-9-11-26(12-10-25)31(29,30)16-5-6-17(22)18(23)13-16/h1-8,13H,9-12H2. The van der Waals surface area contributed by atoms with Crippen molar-refractivity contribution in [2.24, 2.45) is 0 Å². The third kappa shape index (κ3) is 4.19. The molecule has 2 aromatic carbocycles. The quantitative estimate of drug-likeness (QED) is 0.612. The number of amides is 1. The Kier molecular flexibility index (Phi) is 5.54. The van der Waals surface area contributed by atoms with Crippen molar-refractivity contribution in [3.63, 3.8) is 0 Å². The number of sulfonamides is 1. The molecule has 1 saturated heterocycles. The Balaban J connectivity index is 1.43. The molecule has 1 aromatic heterocycles. The average Bonchev–Trinajstić information content (AvgIpc) is 3.26. The van der Waals surface area contributed by atoms with Crippen LogP contribution in [0.4, 0.5) is 13.2 Å². The lowest BCUT2D eigenvalue weighted by Gasteiger charge is -2.33. The molecule has 0 atom stereocenters. The number of carbonyl (C=O) groups excluding carboxylic acids is 1. The van der Waals surface area contributed by atoms with Crippen molar-refractivity contribution in [3.8, 4) is 5.69 Å². The Morgan fingerprint density at radius 1 is 0.871 bits per heavy atom. The Bertz CT molecular complexity index is 1220. The molecule has 0 aliphatic carbocycles. The Hall–Kier alpha value is -3.18. The van der Waals surface area contributed by atoms with E-state index in [9.17, 15) is 26.4 Å². The summed E-state index contributed by atoms with van der Waals surface area (Å²) in [7, 11) is -4.01. The lowest BCUT2D eigenvalue weighted by atomic mass is 10.3. The molecule has 2 heterocycles. The molecular formula is C20H17F3N4O3S. The molecule has 162 valence electrons. The van der Waals surface area contributed by atoms with Crippen molar-refractivity contribution in [1.82, 2.24) is 19.0 Å². The first-order valence-electron chi connectivity index (χ1n) is 9.32. The zero-order valence-corrected chi connectivity index (χ0v) is 16.9. The Labute approximate surface area is 176 Å². The summed E-state index contributed by atoms with van der Waals surface area (Å²) in [6.45, 7) is 0.244. The molecule has 31 heavy (non-hydrogen) atoms. The fourth-order valence-electron chi connectivity index (χ4n) is 3.26. The molecule has 0 spiro atoms. The van der Waals surface area contributed by atoms with E-state index in [1.54, 1.807) is 6.20 Å². The molecule has 0 N–H and O–H groups in total. The summed E-state index contributed by atoms with van der Waals surface area (Å²) in [6.07, 6.45) is 1.57. The van der Waals surface area contributed by atoms with Crippen LogP contribution in [0.1, 0.15) is 10.5 Å². The number of hydrogen-bond donors (Lipinski definition) is 0. The van der Waals surface area contributed by atoms with Gasteiger partial charge >= 0.3 is 0 Å². The van der Waals surface area contributed by atoms with E-state index >= 15 is 0 Å². The topological polar surface area (TPSA) is 75.5 Å². The Morgan fingerprint density at radius 2 is 1.55 bits per heavy atom. The SMILES string of the molecule is O=C(c1ccn(-c2ccc(F)cc2)n1)N1CCN(S(=O)(=O)c2ccc(F)c(F)c2)CC1. The van der Waals surface area contributed by atoms with Crippen molar-refractivity contribution in [2.45, 2.75) is 4.90 Å². The number of nitrogens with zero attached hydrogens (tertiary/aromatic N) is 4. The third-order valence-corrected chi connectivity index (χ3v) is 6.85. The number of halogens is 3. The largest absolute Gasteiger partial charge is 0.335 e. The fourth-order valence-corrected chi connectivity index (χ4v) is 4.69. The third-order valence-electron chi connectivity index (χ3n) is 4.95. The maximum Gasteiger partial charge on any atom is 0.274 e. The van der Waals surface area contributed by atoms with E-state index < -0.39 is 21.7 Å². The minimum Gasteiger partial charge on any atom is -0.335 e. The van der Waals surface area contributed by atoms with E-state index in [0.717, 1.165) is 16.4 Å². The van der Waals surface area contributed by atoms with Gasteiger partial charge in [0.25, 0.3) is 5.91 Å². The molecule has 0 radical (unpaired) electrons. The molecule has 3 aromatic rings. The number of hydrogen-bond acceptors (Lipinski definition) is 4. The maximum absolute atomic E-state index is 13.4. The molecule has 7 nitrogen and oxygen atoms in total. The second kappa shape index (κ2) is 8.16. The number of piperazine rings is 1. The summed E-state index contributed by atoms with van der Waals surface area (Å²) >= 11 is 0. The second-order valence-electron chi connectivity index (χ2n) is 6.89. The Morgan fingerprint density at radius 3 is 2.19 bits per heavy atom. The molecule has 1 fully saturated rings. The minimum atomic E-state index is -4.01. The van der Waals surface area contributed by atoms with E-state index in [-0.39, 0.29) is 48.5 Å². The lowest BCUT2D eigenvalue weighted by molar-refractivity contribution is 0.0691. The average molecular weight is 450 g/mol. The summed E-state index contributed by atoms with van der Waals surface area (Å²) in [6, 6.07) is 9.56. The van der Waals surface area contributed by atoms with Crippen LogP contribution < -0.4 is 0 Å². The van der Waals surface area contributed by atoms with Gasteiger partial charge < -0.3 is 4.90 Å². The fraction of sp³-hybridized carbons (Fsp3) is 0.200. The van der Waals surface area contributed by atoms with Crippen LogP contribution in [0.5, 0.6) is 0 Å². The van der Waals surface area contributed by atoms with Crippen LogP contribution in [-0.4, -0.2) is 59.5 Å². The lowest BCUT2D eigenvalue weighted by Crippen LogP contribution is -2.50. The van der Waals surface area contributed by atoms with Crippen LogP contribution in [0.15, 0.2) is 59.6 Å². The normalized spacial score (nSPS) is 15.3. The highest BCUT2D eigenvalue weighted by Crippen LogP contribution is 2.20. The molecule has 4 rings (SSSR count). The smallest absolute Gasteiger partial charge is 0.274 e. The summed E-state index contributed by atoms with van der Waals surface area (Å²) in [5.74, 6) is -3.13. The van der Waals surface area contributed by atoms with Gasteiger partial charge in [-0.25, -0.2) is 26.3 Å². The van der Waals surface area contributed by atoms with Crippen molar-refractivity contribution >= 4 is 15.9 Å². The predicted octanol–water partition coefficient (Wildman–Crippen LogP) is 2.44. The number of carbonyl (C=O) groups is 1. The van der Waals surface area contributed by atoms with Gasteiger partial charge in [-0.2, -0.15) is 9.40 Å². The summed E-state index contributed by atoms with van der Waals surface area (Å²) in [4.78, 5) is 13.9. The van der Waals surface area contributed by atoms with Gasteiger partial charge in [0, 0.05) is 32.4 Å². The van der Waals surface area contributed by atoms with Gasteiger partial charge in [0.15, 0.2) is 17.3 Å². The van der Waals surface area contributed by atoms with Gasteiger partial charge in [-0.3, -0.25) is 4.79 Å². The van der Waals surface area contributed by atoms with Gasteiger partial charge in [-0.05, 0) is 48.5 Å². The number of aromatic nitrogens is 2. The molecule has 0 unspecified atom stereocenters. The zero-order valence-electron chi connectivity index (χ0n) is 16.1. The highest BCUT2D eigenvalue weighted by Gasteiger charge is 2.31. The monoisotopic (exact) mass is 450 g/mol. The van der Waals surface area contributed by atoms with Gasteiger partial charge in [-0.1, -0.05) is 0 Å². The van der Waals surface area contributed by atoms with Gasteiger partial charge in [0.2, 0.25) is 10.0 Å². The van der Waals surface area contributed by atoms with Crippen molar-refractivity contribution in [2.75, 3.05) is 26.2 Å². The van der Waals surface area contributed by atoms with E-state index in [0.29, 0.717) is 11.8 Å². The van der Waals surface area contributed by atoms with Crippen LogP contribution >= 0.6 is 0 Å². The van der Waals surface area contributed by atoms with E-state index in [1.165, 1.54) is 39.9 Å². The zero-order chi connectivity index (χ0) is 22.2. The number of benzene rings is 2. The van der Waals surface area contributed by atoms with Crippen molar-refractivity contribution < 1.29 is 26.4 Å². The van der Waals surface area contributed by atoms with Crippen LogP contribution in [0.25, 0.3) is 5.69 Å². The first kappa shape index (κ1) is 21.1. The highest BCUT2D eigenvalue weighted by molar-refractivity contribution is 7.89. The molecule has 0 saturated carbocycles. The molecule has 1 aliphatic rings.